The Labute approximate surface area is 174 Å². The molecule has 1 saturated carbocycles. The smallest absolute Gasteiger partial charge is 0.111 e. The quantitative estimate of drug-likeness (QED) is 0.211. The lowest BCUT2D eigenvalue weighted by Crippen LogP contribution is -2.58. The first kappa shape index (κ1) is 23.5. The zero-order valence-electron chi connectivity index (χ0n) is 16.9. The molecule has 172 valence electrons. The van der Waals surface area contributed by atoms with E-state index in [1.165, 1.54) is 0 Å². The highest BCUT2D eigenvalue weighted by Gasteiger charge is 2.43. The predicted molar refractivity (Wildman–Crippen MR) is 102 cm³/mol. The van der Waals surface area contributed by atoms with Gasteiger partial charge in [0.1, 0.15) is 30.1 Å². The van der Waals surface area contributed by atoms with Gasteiger partial charge in [0.25, 0.3) is 0 Å². The maximum atomic E-state index is 10.0. The minimum absolute atomic E-state index is 0.00659. The minimum atomic E-state index is -1.34. The summed E-state index contributed by atoms with van der Waals surface area (Å²) in [5, 5.41) is 66.0. The third kappa shape index (κ3) is 5.54. The molecular formula is C19H33N3O8. The number of ether oxygens (including phenoxy) is 2. The van der Waals surface area contributed by atoms with Gasteiger partial charge in [-0.25, -0.2) is 0 Å². The summed E-state index contributed by atoms with van der Waals surface area (Å²) in [7, 11) is 0. The number of aliphatic hydroxyl groups excluding tert-OH is 6. The molecule has 2 heterocycles. The van der Waals surface area contributed by atoms with E-state index >= 15 is 0 Å². The lowest BCUT2D eigenvalue weighted by Gasteiger charge is -2.40. The van der Waals surface area contributed by atoms with Crippen LogP contribution >= 0.6 is 0 Å². The van der Waals surface area contributed by atoms with Gasteiger partial charge < -0.3 is 40.1 Å². The van der Waals surface area contributed by atoms with Crippen LogP contribution in [0, 0.1) is 11.8 Å². The summed E-state index contributed by atoms with van der Waals surface area (Å²) >= 11 is 0. The van der Waals surface area contributed by atoms with E-state index in [4.69, 9.17) is 9.47 Å². The minimum Gasteiger partial charge on any atom is -0.396 e. The number of nitrogens with zero attached hydrogens (tertiary/aromatic N) is 3. The Morgan fingerprint density at radius 1 is 1.03 bits per heavy atom. The molecule has 2 fully saturated rings. The summed E-state index contributed by atoms with van der Waals surface area (Å²) in [5.74, 6) is 0.0977. The molecular weight excluding hydrogens is 398 g/mol. The van der Waals surface area contributed by atoms with Crippen molar-refractivity contribution in [2.45, 2.75) is 75.5 Å². The third-order valence-corrected chi connectivity index (χ3v) is 6.13. The molecule has 1 saturated heterocycles. The second kappa shape index (κ2) is 10.9. The van der Waals surface area contributed by atoms with Crippen LogP contribution in [0.4, 0.5) is 0 Å². The van der Waals surface area contributed by atoms with Gasteiger partial charge in [0.05, 0.1) is 31.6 Å². The number of aliphatic hydroxyl groups is 6. The van der Waals surface area contributed by atoms with Gasteiger partial charge in [-0.05, 0) is 31.6 Å². The van der Waals surface area contributed by atoms with Crippen LogP contribution in [0.5, 0.6) is 0 Å². The van der Waals surface area contributed by atoms with E-state index in [0.29, 0.717) is 51.1 Å². The van der Waals surface area contributed by atoms with Crippen LogP contribution in [0.3, 0.4) is 0 Å². The Morgan fingerprint density at radius 3 is 2.50 bits per heavy atom. The van der Waals surface area contributed by atoms with E-state index in [2.05, 4.69) is 10.3 Å². The Balaban J connectivity index is 1.31. The predicted octanol–water partition coefficient (Wildman–Crippen LogP) is -2.20. The van der Waals surface area contributed by atoms with Crippen LogP contribution < -0.4 is 0 Å². The van der Waals surface area contributed by atoms with Gasteiger partial charge in [0, 0.05) is 25.7 Å². The van der Waals surface area contributed by atoms with Crippen molar-refractivity contribution in [2.24, 2.45) is 11.8 Å². The van der Waals surface area contributed by atoms with Gasteiger partial charge in [0.2, 0.25) is 0 Å². The first-order valence-corrected chi connectivity index (χ1v) is 10.5. The molecule has 1 aliphatic heterocycles. The fourth-order valence-electron chi connectivity index (χ4n) is 4.11. The van der Waals surface area contributed by atoms with E-state index in [9.17, 15) is 30.6 Å². The van der Waals surface area contributed by atoms with Gasteiger partial charge in [-0.15, -0.1) is 5.10 Å². The van der Waals surface area contributed by atoms with Crippen molar-refractivity contribution in [1.29, 1.82) is 0 Å². The van der Waals surface area contributed by atoms with Crippen LogP contribution in [-0.4, -0.2) is 102 Å². The maximum Gasteiger partial charge on any atom is 0.111 e. The average Bonchev–Trinajstić information content (AvgIpc) is 3.20. The Bertz CT molecular complexity index is 645. The largest absolute Gasteiger partial charge is 0.396 e. The molecule has 0 spiro atoms. The van der Waals surface area contributed by atoms with Gasteiger partial charge in [-0.3, -0.25) is 4.68 Å². The molecule has 3 rings (SSSR count). The Morgan fingerprint density at radius 2 is 1.80 bits per heavy atom. The van der Waals surface area contributed by atoms with E-state index in [0.717, 1.165) is 0 Å². The molecule has 0 amide bonds. The molecule has 8 unspecified atom stereocenters. The zero-order chi connectivity index (χ0) is 21.7. The topological polar surface area (TPSA) is 171 Å². The molecule has 1 aromatic rings. The van der Waals surface area contributed by atoms with Crippen molar-refractivity contribution < 1.29 is 40.1 Å². The number of rotatable bonds is 11. The SMILES string of the molecule is OCC1CC(O)C1Cn1cc(COCCCCC2OC(CO)C(O)C(O)C2O)nn1. The molecule has 30 heavy (non-hydrogen) atoms. The van der Waals surface area contributed by atoms with Crippen molar-refractivity contribution in [1.82, 2.24) is 15.0 Å². The summed E-state index contributed by atoms with van der Waals surface area (Å²) < 4.78 is 12.7. The molecule has 0 aromatic carbocycles. The summed E-state index contributed by atoms with van der Waals surface area (Å²) in [6.45, 7) is 0.925. The van der Waals surface area contributed by atoms with Crippen molar-refractivity contribution >= 4 is 0 Å². The van der Waals surface area contributed by atoms with Gasteiger partial charge in [0.15, 0.2) is 0 Å². The lowest BCUT2D eigenvalue weighted by atomic mass is 9.71. The van der Waals surface area contributed by atoms with Crippen LogP contribution in [0.1, 0.15) is 31.4 Å². The highest BCUT2D eigenvalue weighted by molar-refractivity contribution is 4.94. The second-order valence-electron chi connectivity index (χ2n) is 8.26. The highest BCUT2D eigenvalue weighted by Crippen LogP contribution is 2.35. The molecule has 1 aromatic heterocycles. The monoisotopic (exact) mass is 431 g/mol. The molecule has 6 N–H and O–H groups in total. The Hall–Kier alpha value is -1.18. The van der Waals surface area contributed by atoms with Crippen LogP contribution in [0.15, 0.2) is 6.20 Å². The molecule has 2 aliphatic rings. The molecule has 0 bridgehead atoms. The number of aromatic nitrogens is 3. The molecule has 1 aliphatic carbocycles. The number of hydrogen-bond acceptors (Lipinski definition) is 10. The first-order valence-electron chi connectivity index (χ1n) is 10.5. The summed E-state index contributed by atoms with van der Waals surface area (Å²) in [6, 6.07) is 0. The van der Waals surface area contributed by atoms with Crippen molar-refractivity contribution in [3.8, 4) is 0 Å². The van der Waals surface area contributed by atoms with Gasteiger partial charge >= 0.3 is 0 Å². The zero-order valence-corrected chi connectivity index (χ0v) is 16.9. The number of hydrogen-bond donors (Lipinski definition) is 6. The lowest BCUT2D eigenvalue weighted by molar-refractivity contribution is -0.230. The van der Waals surface area contributed by atoms with Crippen molar-refractivity contribution in [2.75, 3.05) is 19.8 Å². The maximum absolute atomic E-state index is 10.0. The van der Waals surface area contributed by atoms with Crippen molar-refractivity contribution in [3.63, 3.8) is 0 Å². The van der Waals surface area contributed by atoms with E-state index in [-0.39, 0.29) is 18.4 Å². The normalized spacial score (nSPS) is 36.6. The van der Waals surface area contributed by atoms with Crippen LogP contribution in [0.25, 0.3) is 0 Å². The summed E-state index contributed by atoms with van der Waals surface area (Å²) in [5.41, 5.74) is 0.679. The highest BCUT2D eigenvalue weighted by atomic mass is 16.5. The fraction of sp³-hybridized carbons (Fsp3) is 0.895. The first-order chi connectivity index (χ1) is 14.4. The summed E-state index contributed by atoms with van der Waals surface area (Å²) in [4.78, 5) is 0. The second-order valence-corrected chi connectivity index (χ2v) is 8.26. The third-order valence-electron chi connectivity index (χ3n) is 6.13. The van der Waals surface area contributed by atoms with E-state index in [1.54, 1.807) is 10.9 Å². The molecule has 11 heteroatoms. The summed E-state index contributed by atoms with van der Waals surface area (Å²) in [6.07, 6.45) is -1.56. The van der Waals surface area contributed by atoms with Gasteiger partial charge in [-0.1, -0.05) is 5.21 Å². The van der Waals surface area contributed by atoms with Gasteiger partial charge in [-0.2, -0.15) is 0 Å². The molecule has 8 atom stereocenters. The Kier molecular flexibility index (Phi) is 8.54. The van der Waals surface area contributed by atoms with Crippen LogP contribution in [0.2, 0.25) is 0 Å². The van der Waals surface area contributed by atoms with E-state index in [1.807, 2.05) is 0 Å². The standard InChI is InChI=1S/C19H33N3O8/c23-8-11-5-14(25)13(11)7-22-6-12(20-21-22)10-29-4-2-1-3-15-17(26)19(28)18(27)16(9-24)30-15/h6,11,13-19,23-28H,1-5,7-10H2. The van der Waals surface area contributed by atoms with E-state index < -0.39 is 43.2 Å². The van der Waals surface area contributed by atoms with Crippen molar-refractivity contribution in [3.05, 3.63) is 11.9 Å². The molecule has 11 nitrogen and oxygen atoms in total. The van der Waals surface area contributed by atoms with Crippen LogP contribution in [-0.2, 0) is 22.6 Å². The number of unbranched alkanes of at least 4 members (excludes halogenated alkanes) is 1. The average molecular weight is 431 g/mol. The fourth-order valence-corrected chi connectivity index (χ4v) is 4.11. The molecule has 0 radical (unpaired) electrons.